The van der Waals surface area contributed by atoms with E-state index in [4.69, 9.17) is 5.73 Å². The summed E-state index contributed by atoms with van der Waals surface area (Å²) < 4.78 is 1.94. The molecule has 2 aromatic heterocycles. The van der Waals surface area contributed by atoms with Gasteiger partial charge in [0.15, 0.2) is 11.5 Å². The Morgan fingerprint density at radius 1 is 1.11 bits per heavy atom. The standard InChI is InChI=1S/C14H15N5/c1-8-5-4-6-11(15)13(8)14-18-17-12-7-9(2)16-10(3)19(12)14/h4-7H,15H2,1-3H3. The molecule has 0 spiro atoms. The lowest BCUT2D eigenvalue weighted by Crippen LogP contribution is -2.02. The minimum absolute atomic E-state index is 0.703. The average molecular weight is 253 g/mol. The molecule has 2 heterocycles. The van der Waals surface area contributed by atoms with E-state index in [0.29, 0.717) is 5.69 Å². The highest BCUT2D eigenvalue weighted by molar-refractivity contribution is 5.76. The Balaban J connectivity index is 2.38. The smallest absolute Gasteiger partial charge is 0.172 e. The second-order valence-electron chi connectivity index (χ2n) is 4.70. The van der Waals surface area contributed by atoms with Gasteiger partial charge in [0.2, 0.25) is 0 Å². The molecule has 2 N–H and O–H groups in total. The SMILES string of the molecule is Cc1cc2nnc(-c3c(C)cccc3N)n2c(C)n1. The number of hydrogen-bond acceptors (Lipinski definition) is 4. The highest BCUT2D eigenvalue weighted by atomic mass is 15.3. The van der Waals surface area contributed by atoms with Gasteiger partial charge in [-0.3, -0.25) is 4.40 Å². The molecule has 0 unspecified atom stereocenters. The summed E-state index contributed by atoms with van der Waals surface area (Å²) in [7, 11) is 0. The fourth-order valence-corrected chi connectivity index (χ4v) is 2.39. The van der Waals surface area contributed by atoms with Crippen LogP contribution in [0.5, 0.6) is 0 Å². The van der Waals surface area contributed by atoms with Crippen LogP contribution in [0, 0.1) is 20.8 Å². The minimum Gasteiger partial charge on any atom is -0.398 e. The molecular weight excluding hydrogens is 238 g/mol. The first-order valence-electron chi connectivity index (χ1n) is 6.13. The lowest BCUT2D eigenvalue weighted by atomic mass is 10.1. The molecule has 0 saturated carbocycles. The van der Waals surface area contributed by atoms with E-state index >= 15 is 0 Å². The van der Waals surface area contributed by atoms with Gasteiger partial charge in [-0.1, -0.05) is 12.1 Å². The quantitative estimate of drug-likeness (QED) is 0.676. The number of fused-ring (bicyclic) bond motifs is 1. The van der Waals surface area contributed by atoms with Gasteiger partial charge < -0.3 is 5.73 Å². The number of nitrogens with two attached hydrogens (primary N) is 1. The average Bonchev–Trinajstić information content (AvgIpc) is 2.72. The molecule has 0 radical (unpaired) electrons. The number of rotatable bonds is 1. The fourth-order valence-electron chi connectivity index (χ4n) is 2.39. The lowest BCUT2D eigenvalue weighted by Gasteiger charge is -2.09. The van der Waals surface area contributed by atoms with Crippen molar-refractivity contribution in [1.82, 2.24) is 19.6 Å². The molecule has 5 heteroatoms. The molecule has 0 fully saturated rings. The summed E-state index contributed by atoms with van der Waals surface area (Å²) in [5.41, 5.74) is 10.5. The van der Waals surface area contributed by atoms with Crippen LogP contribution in [0.3, 0.4) is 0 Å². The van der Waals surface area contributed by atoms with E-state index in [1.807, 2.05) is 49.4 Å². The van der Waals surface area contributed by atoms with Gasteiger partial charge in [-0.2, -0.15) is 0 Å². The van der Waals surface area contributed by atoms with Crippen LogP contribution >= 0.6 is 0 Å². The second kappa shape index (κ2) is 4.05. The van der Waals surface area contributed by atoms with Crippen LogP contribution in [0.4, 0.5) is 5.69 Å². The number of hydrogen-bond donors (Lipinski definition) is 1. The van der Waals surface area contributed by atoms with Gasteiger partial charge in [-0.05, 0) is 32.4 Å². The molecule has 96 valence electrons. The fraction of sp³-hybridized carbons (Fsp3) is 0.214. The van der Waals surface area contributed by atoms with Crippen molar-refractivity contribution >= 4 is 11.3 Å². The van der Waals surface area contributed by atoms with Gasteiger partial charge in [-0.25, -0.2) is 4.98 Å². The van der Waals surface area contributed by atoms with E-state index in [1.165, 1.54) is 0 Å². The van der Waals surface area contributed by atoms with Gasteiger partial charge in [0.25, 0.3) is 0 Å². The van der Waals surface area contributed by atoms with Crippen molar-refractivity contribution in [3.05, 3.63) is 41.3 Å². The van der Waals surface area contributed by atoms with Crippen LogP contribution in [-0.4, -0.2) is 19.6 Å². The van der Waals surface area contributed by atoms with Crippen molar-refractivity contribution in [2.45, 2.75) is 20.8 Å². The van der Waals surface area contributed by atoms with E-state index in [2.05, 4.69) is 15.2 Å². The maximum Gasteiger partial charge on any atom is 0.172 e. The predicted molar refractivity (Wildman–Crippen MR) is 74.8 cm³/mol. The minimum atomic E-state index is 0.703. The summed E-state index contributed by atoms with van der Waals surface area (Å²) in [5.74, 6) is 1.60. The van der Waals surface area contributed by atoms with Crippen LogP contribution in [0.15, 0.2) is 24.3 Å². The third-order valence-electron chi connectivity index (χ3n) is 3.22. The molecule has 1 aromatic carbocycles. The molecule has 0 amide bonds. The number of benzene rings is 1. The monoisotopic (exact) mass is 253 g/mol. The molecular formula is C14H15N5. The number of nitrogens with zero attached hydrogens (tertiary/aromatic N) is 4. The molecule has 0 atom stereocenters. The Kier molecular flexibility index (Phi) is 2.48. The first-order chi connectivity index (χ1) is 9.08. The van der Waals surface area contributed by atoms with Crippen LogP contribution in [0.2, 0.25) is 0 Å². The maximum absolute atomic E-state index is 6.08. The lowest BCUT2D eigenvalue weighted by molar-refractivity contribution is 0.961. The Morgan fingerprint density at radius 2 is 1.89 bits per heavy atom. The molecule has 3 aromatic rings. The van der Waals surface area contributed by atoms with Crippen LogP contribution in [0.1, 0.15) is 17.1 Å². The van der Waals surface area contributed by atoms with Crippen LogP contribution < -0.4 is 5.73 Å². The molecule has 0 aliphatic heterocycles. The van der Waals surface area contributed by atoms with Crippen LogP contribution in [-0.2, 0) is 0 Å². The molecule has 0 bridgehead atoms. The van der Waals surface area contributed by atoms with Crippen molar-refractivity contribution in [3.63, 3.8) is 0 Å². The summed E-state index contributed by atoms with van der Waals surface area (Å²) in [6.07, 6.45) is 0. The number of nitrogen functional groups attached to an aromatic ring is 1. The van der Waals surface area contributed by atoms with Gasteiger partial charge in [0, 0.05) is 23.0 Å². The summed E-state index contributed by atoms with van der Waals surface area (Å²) in [5, 5.41) is 8.50. The first kappa shape index (κ1) is 11.6. The van der Waals surface area contributed by atoms with Gasteiger partial charge in [-0.15, -0.1) is 10.2 Å². The highest BCUT2D eigenvalue weighted by Crippen LogP contribution is 2.28. The Bertz CT molecular complexity index is 753. The van der Waals surface area contributed by atoms with Crippen molar-refractivity contribution in [1.29, 1.82) is 0 Å². The van der Waals surface area contributed by atoms with Crippen molar-refractivity contribution in [2.24, 2.45) is 0 Å². The summed E-state index contributed by atoms with van der Waals surface area (Å²) in [4.78, 5) is 4.46. The maximum atomic E-state index is 6.08. The van der Waals surface area contributed by atoms with E-state index in [9.17, 15) is 0 Å². The Morgan fingerprint density at radius 3 is 2.63 bits per heavy atom. The third kappa shape index (κ3) is 1.74. The van der Waals surface area contributed by atoms with Crippen molar-refractivity contribution < 1.29 is 0 Å². The third-order valence-corrected chi connectivity index (χ3v) is 3.22. The van der Waals surface area contributed by atoms with Crippen LogP contribution in [0.25, 0.3) is 17.0 Å². The second-order valence-corrected chi connectivity index (χ2v) is 4.70. The largest absolute Gasteiger partial charge is 0.398 e. The zero-order chi connectivity index (χ0) is 13.6. The first-order valence-corrected chi connectivity index (χ1v) is 6.13. The Hall–Kier alpha value is -2.43. The molecule has 19 heavy (non-hydrogen) atoms. The van der Waals surface area contributed by atoms with E-state index < -0.39 is 0 Å². The zero-order valence-electron chi connectivity index (χ0n) is 11.2. The highest BCUT2D eigenvalue weighted by Gasteiger charge is 2.15. The van der Waals surface area contributed by atoms with E-state index in [-0.39, 0.29) is 0 Å². The molecule has 3 rings (SSSR count). The van der Waals surface area contributed by atoms with Gasteiger partial charge >= 0.3 is 0 Å². The van der Waals surface area contributed by atoms with Crippen molar-refractivity contribution in [3.8, 4) is 11.4 Å². The number of aryl methyl sites for hydroxylation is 3. The predicted octanol–water partition coefficient (Wildman–Crippen LogP) is 2.30. The van der Waals surface area contributed by atoms with Gasteiger partial charge in [0.05, 0.1) is 0 Å². The Labute approximate surface area is 111 Å². The van der Waals surface area contributed by atoms with E-state index in [1.54, 1.807) is 0 Å². The summed E-state index contributed by atoms with van der Waals surface area (Å²) in [6, 6.07) is 7.74. The van der Waals surface area contributed by atoms with E-state index in [0.717, 1.165) is 34.1 Å². The number of aromatic nitrogens is 4. The molecule has 5 nitrogen and oxygen atoms in total. The van der Waals surface area contributed by atoms with Gasteiger partial charge in [0.1, 0.15) is 5.82 Å². The number of anilines is 1. The molecule has 0 saturated heterocycles. The molecule has 0 aliphatic carbocycles. The normalized spacial score (nSPS) is 11.1. The summed E-state index contributed by atoms with van der Waals surface area (Å²) in [6.45, 7) is 5.91. The zero-order valence-corrected chi connectivity index (χ0v) is 11.2. The summed E-state index contributed by atoms with van der Waals surface area (Å²) >= 11 is 0. The topological polar surface area (TPSA) is 69.1 Å². The molecule has 0 aliphatic rings. The van der Waals surface area contributed by atoms with Crippen molar-refractivity contribution in [2.75, 3.05) is 5.73 Å².